The average molecular weight is 230 g/mol. The van der Waals surface area contributed by atoms with Crippen LogP contribution in [-0.2, 0) is 16.0 Å². The van der Waals surface area contributed by atoms with Gasteiger partial charge in [-0.25, -0.2) is 9.59 Å². The number of rotatable bonds is 4. The molecule has 0 atom stereocenters. The zero-order chi connectivity index (χ0) is 12.8. The van der Waals surface area contributed by atoms with Crippen LogP contribution in [0, 0.1) is 13.8 Å². The van der Waals surface area contributed by atoms with Crippen molar-refractivity contribution >= 4 is 23.5 Å². The summed E-state index contributed by atoms with van der Waals surface area (Å²) in [6.45, 7) is 5.71. The van der Waals surface area contributed by atoms with Crippen molar-refractivity contribution in [3.8, 4) is 0 Å². The Balaban J connectivity index is 3.56. The molecule has 0 aliphatic heterocycles. The molecule has 0 aliphatic rings. The van der Waals surface area contributed by atoms with E-state index < -0.39 is 0 Å². The summed E-state index contributed by atoms with van der Waals surface area (Å²) >= 11 is 0. The van der Waals surface area contributed by atoms with E-state index in [9.17, 15) is 9.59 Å². The van der Waals surface area contributed by atoms with Gasteiger partial charge in [-0.2, -0.15) is 9.98 Å². The zero-order valence-corrected chi connectivity index (χ0v) is 10.2. The van der Waals surface area contributed by atoms with Gasteiger partial charge in [-0.1, -0.05) is 19.4 Å². The summed E-state index contributed by atoms with van der Waals surface area (Å²) in [5, 5.41) is 0. The number of aryl methyl sites for hydroxylation is 2. The van der Waals surface area contributed by atoms with Gasteiger partial charge >= 0.3 is 0 Å². The topological polar surface area (TPSA) is 58.9 Å². The maximum atomic E-state index is 10.4. The summed E-state index contributed by atoms with van der Waals surface area (Å²) in [4.78, 5) is 28.2. The fourth-order valence-corrected chi connectivity index (χ4v) is 1.93. The maximum Gasteiger partial charge on any atom is 0.240 e. The van der Waals surface area contributed by atoms with E-state index in [0.29, 0.717) is 11.4 Å². The molecular weight excluding hydrogens is 216 g/mol. The summed E-state index contributed by atoms with van der Waals surface area (Å²) in [6.07, 6.45) is 4.85. The minimum atomic E-state index is 0.536. The molecule has 0 saturated carbocycles. The predicted octanol–water partition coefficient (Wildman–Crippen LogP) is 3.19. The van der Waals surface area contributed by atoms with Crippen LogP contribution in [0.25, 0.3) is 0 Å². The van der Waals surface area contributed by atoms with Crippen LogP contribution in [0.4, 0.5) is 11.4 Å². The standard InChI is InChI=1S/C13H14N2O2/c1-4-5-11-6-9(2)12(14-7-16)10(3)13(11)15-8-17/h6H,4-5H2,1-3H3. The van der Waals surface area contributed by atoms with Crippen LogP contribution in [0.2, 0.25) is 0 Å². The van der Waals surface area contributed by atoms with Crippen molar-refractivity contribution in [2.45, 2.75) is 33.6 Å². The second-order valence-corrected chi connectivity index (χ2v) is 3.83. The molecule has 0 N–H and O–H groups in total. The van der Waals surface area contributed by atoms with Gasteiger partial charge in [0, 0.05) is 5.56 Å². The van der Waals surface area contributed by atoms with Gasteiger partial charge in [0.2, 0.25) is 12.2 Å². The second kappa shape index (κ2) is 5.90. The molecule has 88 valence electrons. The third kappa shape index (κ3) is 2.76. The van der Waals surface area contributed by atoms with Crippen molar-refractivity contribution in [1.82, 2.24) is 0 Å². The lowest BCUT2D eigenvalue weighted by molar-refractivity contribution is 0.564. The van der Waals surface area contributed by atoms with Gasteiger partial charge in [-0.15, -0.1) is 0 Å². The number of aliphatic imine (C=N–C) groups is 2. The van der Waals surface area contributed by atoms with Crippen molar-refractivity contribution in [2.24, 2.45) is 9.98 Å². The molecule has 0 amide bonds. The Morgan fingerprint density at radius 1 is 1.12 bits per heavy atom. The Kier molecular flexibility index (Phi) is 4.53. The van der Waals surface area contributed by atoms with Crippen LogP contribution in [-0.4, -0.2) is 12.2 Å². The smallest absolute Gasteiger partial charge is 0.211 e. The molecule has 0 fully saturated rings. The monoisotopic (exact) mass is 230 g/mol. The van der Waals surface area contributed by atoms with E-state index in [1.165, 1.54) is 6.08 Å². The number of hydrogen-bond donors (Lipinski definition) is 0. The maximum absolute atomic E-state index is 10.4. The van der Waals surface area contributed by atoms with Crippen molar-refractivity contribution in [2.75, 3.05) is 0 Å². The molecule has 0 radical (unpaired) electrons. The summed E-state index contributed by atoms with van der Waals surface area (Å²) in [7, 11) is 0. The van der Waals surface area contributed by atoms with Crippen LogP contribution >= 0.6 is 0 Å². The van der Waals surface area contributed by atoms with Gasteiger partial charge in [0.15, 0.2) is 0 Å². The lowest BCUT2D eigenvalue weighted by atomic mass is 9.98. The molecule has 17 heavy (non-hydrogen) atoms. The minimum absolute atomic E-state index is 0.536. The van der Waals surface area contributed by atoms with E-state index in [-0.39, 0.29) is 0 Å². The lowest BCUT2D eigenvalue weighted by Crippen LogP contribution is -1.91. The molecule has 0 bridgehead atoms. The van der Waals surface area contributed by atoms with Gasteiger partial charge in [-0.05, 0) is 31.4 Å². The minimum Gasteiger partial charge on any atom is -0.211 e. The highest BCUT2D eigenvalue weighted by molar-refractivity contribution is 5.71. The number of nitrogens with zero attached hydrogens (tertiary/aromatic N) is 2. The highest BCUT2D eigenvalue weighted by Gasteiger charge is 2.12. The molecule has 4 heteroatoms. The molecular formula is C13H14N2O2. The quantitative estimate of drug-likeness (QED) is 0.589. The first-order chi connectivity index (χ1) is 8.15. The van der Waals surface area contributed by atoms with E-state index >= 15 is 0 Å². The molecule has 0 saturated heterocycles. The normalized spacial score (nSPS) is 9.35. The van der Waals surface area contributed by atoms with E-state index in [4.69, 9.17) is 0 Å². The van der Waals surface area contributed by atoms with E-state index in [1.54, 1.807) is 13.0 Å². The first-order valence-corrected chi connectivity index (χ1v) is 5.44. The number of carbonyl (C=O) groups excluding carboxylic acids is 2. The fraction of sp³-hybridized carbons (Fsp3) is 0.385. The van der Waals surface area contributed by atoms with E-state index in [2.05, 4.69) is 16.9 Å². The first-order valence-electron chi connectivity index (χ1n) is 5.44. The predicted molar refractivity (Wildman–Crippen MR) is 65.5 cm³/mol. The molecule has 1 rings (SSSR count). The highest BCUT2D eigenvalue weighted by Crippen LogP contribution is 2.35. The lowest BCUT2D eigenvalue weighted by Gasteiger charge is -2.11. The van der Waals surface area contributed by atoms with E-state index in [1.807, 2.05) is 13.0 Å². The highest BCUT2D eigenvalue weighted by atomic mass is 16.1. The largest absolute Gasteiger partial charge is 0.240 e. The Bertz CT molecular complexity index is 523. The Hall–Kier alpha value is -2.02. The van der Waals surface area contributed by atoms with Gasteiger partial charge in [0.25, 0.3) is 0 Å². The van der Waals surface area contributed by atoms with Gasteiger partial charge < -0.3 is 0 Å². The molecule has 0 spiro atoms. The molecule has 0 heterocycles. The Morgan fingerprint density at radius 2 is 1.71 bits per heavy atom. The second-order valence-electron chi connectivity index (χ2n) is 3.83. The average Bonchev–Trinajstić information content (AvgIpc) is 2.30. The van der Waals surface area contributed by atoms with E-state index in [0.717, 1.165) is 29.5 Å². The van der Waals surface area contributed by atoms with Crippen molar-refractivity contribution in [1.29, 1.82) is 0 Å². The molecule has 1 aromatic rings. The summed E-state index contributed by atoms with van der Waals surface area (Å²) in [5.41, 5.74) is 3.70. The third-order valence-electron chi connectivity index (χ3n) is 2.61. The van der Waals surface area contributed by atoms with Gasteiger partial charge in [0.05, 0.1) is 11.4 Å². The number of hydrogen-bond acceptors (Lipinski definition) is 4. The van der Waals surface area contributed by atoms with Crippen molar-refractivity contribution in [3.63, 3.8) is 0 Å². The SMILES string of the molecule is CCCc1cc(C)c(N=C=O)c(C)c1N=C=O. The van der Waals surface area contributed by atoms with Crippen molar-refractivity contribution in [3.05, 3.63) is 22.8 Å². The first kappa shape index (κ1) is 13.0. The van der Waals surface area contributed by atoms with Crippen LogP contribution < -0.4 is 0 Å². The molecule has 0 aliphatic carbocycles. The van der Waals surface area contributed by atoms with Crippen LogP contribution in [0.3, 0.4) is 0 Å². The number of isocyanates is 2. The molecule has 0 unspecified atom stereocenters. The van der Waals surface area contributed by atoms with Crippen LogP contribution in [0.1, 0.15) is 30.0 Å². The van der Waals surface area contributed by atoms with Gasteiger partial charge in [0.1, 0.15) is 0 Å². The fourth-order valence-electron chi connectivity index (χ4n) is 1.93. The van der Waals surface area contributed by atoms with Crippen molar-refractivity contribution < 1.29 is 9.59 Å². The number of benzene rings is 1. The molecule has 1 aromatic carbocycles. The third-order valence-corrected chi connectivity index (χ3v) is 2.61. The van der Waals surface area contributed by atoms with Crippen LogP contribution in [0.5, 0.6) is 0 Å². The molecule has 4 nitrogen and oxygen atoms in total. The zero-order valence-electron chi connectivity index (χ0n) is 10.2. The Labute approximate surface area is 100 Å². The van der Waals surface area contributed by atoms with Gasteiger partial charge in [-0.3, -0.25) is 0 Å². The Morgan fingerprint density at radius 3 is 2.24 bits per heavy atom. The summed E-state index contributed by atoms with van der Waals surface area (Å²) < 4.78 is 0. The van der Waals surface area contributed by atoms with Crippen LogP contribution in [0.15, 0.2) is 16.1 Å². The summed E-state index contributed by atoms with van der Waals surface area (Å²) in [6, 6.07) is 1.91. The summed E-state index contributed by atoms with van der Waals surface area (Å²) in [5.74, 6) is 0. The molecule has 0 aromatic heterocycles.